The van der Waals surface area contributed by atoms with Gasteiger partial charge in [0.1, 0.15) is 0 Å². The van der Waals surface area contributed by atoms with E-state index >= 15 is 0 Å². The van der Waals surface area contributed by atoms with E-state index in [1.54, 1.807) is 0 Å². The van der Waals surface area contributed by atoms with Gasteiger partial charge in [-0.25, -0.2) is 0 Å². The van der Waals surface area contributed by atoms with Crippen molar-refractivity contribution in [3.05, 3.63) is 24.3 Å². The summed E-state index contributed by atoms with van der Waals surface area (Å²) in [6.07, 6.45) is 17.3. The molecule has 0 rings (SSSR count). The molecule has 0 fully saturated rings. The number of carbonyl (C=O) groups excluding carboxylic acids is 1. The van der Waals surface area contributed by atoms with Gasteiger partial charge in [-0.2, -0.15) is 0 Å². The van der Waals surface area contributed by atoms with E-state index in [0.29, 0.717) is 13.0 Å². The summed E-state index contributed by atoms with van der Waals surface area (Å²) >= 11 is 0. The predicted octanol–water partition coefficient (Wildman–Crippen LogP) is 4.65. The minimum absolute atomic E-state index is 0.106. The van der Waals surface area contributed by atoms with Gasteiger partial charge >= 0.3 is 5.97 Å². The highest BCUT2D eigenvalue weighted by molar-refractivity contribution is 5.69. The number of unbranched alkanes of at least 4 members (excludes halogenated alkanes) is 8. The van der Waals surface area contributed by atoms with E-state index in [-0.39, 0.29) is 5.97 Å². The Kier molecular flexibility index (Phi) is 14.7. The zero-order chi connectivity index (χ0) is 18.1. The van der Waals surface area contributed by atoms with Crippen LogP contribution in [0.1, 0.15) is 84.5 Å². The smallest absolute Gasteiger partial charge is 0.305 e. The van der Waals surface area contributed by atoms with Crippen LogP contribution in [0.25, 0.3) is 0 Å². The molecule has 140 valence electrons. The maximum Gasteiger partial charge on any atom is 0.305 e. The molecule has 0 aliphatic carbocycles. The Labute approximate surface area is 147 Å². The van der Waals surface area contributed by atoms with Gasteiger partial charge in [0.05, 0.1) is 6.61 Å². The Balaban J connectivity index is 3.60. The largest absolute Gasteiger partial charge is 0.466 e. The Hall–Kier alpha value is -1.13. The van der Waals surface area contributed by atoms with Crippen LogP contribution in [0.5, 0.6) is 0 Å². The van der Waals surface area contributed by atoms with Gasteiger partial charge in [0.2, 0.25) is 5.79 Å². The molecule has 0 radical (unpaired) electrons. The van der Waals surface area contributed by atoms with E-state index in [9.17, 15) is 15.0 Å². The van der Waals surface area contributed by atoms with E-state index in [1.165, 1.54) is 25.0 Å². The van der Waals surface area contributed by atoms with Crippen LogP contribution in [0.4, 0.5) is 0 Å². The molecule has 0 aromatic carbocycles. The summed E-state index contributed by atoms with van der Waals surface area (Å²) in [5.74, 6) is -1.93. The first-order chi connectivity index (χ1) is 11.5. The second-order valence-corrected chi connectivity index (χ2v) is 6.20. The topological polar surface area (TPSA) is 66.8 Å². The van der Waals surface area contributed by atoms with Gasteiger partial charge in [0.15, 0.2) is 0 Å². The molecule has 0 aromatic rings. The molecule has 0 saturated carbocycles. The average molecular weight is 341 g/mol. The first-order valence-electron chi connectivity index (χ1n) is 9.47. The minimum atomic E-state index is -1.83. The lowest BCUT2D eigenvalue weighted by atomic mass is 10.1. The van der Waals surface area contributed by atoms with Crippen LogP contribution in [-0.2, 0) is 9.53 Å². The quantitative estimate of drug-likeness (QED) is 0.197. The molecule has 0 amide bonds. The first kappa shape index (κ1) is 22.9. The number of hydrogen-bond donors (Lipinski definition) is 2. The zero-order valence-electron chi connectivity index (χ0n) is 15.5. The monoisotopic (exact) mass is 340 g/mol. The number of carbonyl (C=O) groups is 1. The first-order valence-corrected chi connectivity index (χ1v) is 9.47. The second-order valence-electron chi connectivity index (χ2n) is 6.20. The number of allylic oxidation sites excluding steroid dienone is 2. The minimum Gasteiger partial charge on any atom is -0.466 e. The summed E-state index contributed by atoms with van der Waals surface area (Å²) in [6.45, 7) is 4.42. The van der Waals surface area contributed by atoms with Gasteiger partial charge < -0.3 is 14.9 Å². The normalized spacial score (nSPS) is 12.3. The molecule has 0 spiro atoms. The van der Waals surface area contributed by atoms with Crippen molar-refractivity contribution in [2.75, 3.05) is 6.61 Å². The van der Waals surface area contributed by atoms with Crippen LogP contribution < -0.4 is 0 Å². The molecule has 0 aromatic heterocycles. The Morgan fingerprint density at radius 3 is 2.00 bits per heavy atom. The number of rotatable bonds is 15. The van der Waals surface area contributed by atoms with Gasteiger partial charge in [-0.3, -0.25) is 4.79 Å². The Morgan fingerprint density at radius 1 is 0.875 bits per heavy atom. The molecule has 0 saturated heterocycles. The van der Waals surface area contributed by atoms with Crippen LogP contribution in [0.2, 0.25) is 0 Å². The van der Waals surface area contributed by atoms with Gasteiger partial charge in [0, 0.05) is 6.42 Å². The molecule has 0 aliphatic rings. The summed E-state index contributed by atoms with van der Waals surface area (Å²) in [4.78, 5) is 11.2. The number of hydrogen-bond acceptors (Lipinski definition) is 4. The second kappa shape index (κ2) is 15.4. The third kappa shape index (κ3) is 15.8. The predicted molar refractivity (Wildman–Crippen MR) is 98.5 cm³/mol. The van der Waals surface area contributed by atoms with Crippen molar-refractivity contribution in [2.45, 2.75) is 90.3 Å². The lowest BCUT2D eigenvalue weighted by Crippen LogP contribution is -2.21. The van der Waals surface area contributed by atoms with Gasteiger partial charge in [-0.15, -0.1) is 0 Å². The van der Waals surface area contributed by atoms with Gasteiger partial charge in [-0.05, 0) is 51.2 Å². The SMILES string of the molecule is CCCCC/C=C\C(O)(O)/C=C\CCCCCCCC(=O)OCC. The zero-order valence-corrected chi connectivity index (χ0v) is 15.5. The maximum atomic E-state index is 11.2. The van der Waals surface area contributed by atoms with Crippen molar-refractivity contribution in [1.82, 2.24) is 0 Å². The van der Waals surface area contributed by atoms with Gasteiger partial charge in [-0.1, -0.05) is 51.2 Å². The molecule has 0 unspecified atom stereocenters. The highest BCUT2D eigenvalue weighted by atomic mass is 16.5. The highest BCUT2D eigenvalue weighted by Gasteiger charge is 2.12. The molecule has 24 heavy (non-hydrogen) atoms. The Morgan fingerprint density at radius 2 is 1.42 bits per heavy atom. The van der Waals surface area contributed by atoms with E-state index in [2.05, 4.69) is 6.92 Å². The molecule has 0 bridgehead atoms. The Bertz CT molecular complexity index is 359. The lowest BCUT2D eigenvalue weighted by Gasteiger charge is -2.11. The summed E-state index contributed by atoms with van der Waals surface area (Å²) < 4.78 is 4.88. The van der Waals surface area contributed by atoms with E-state index < -0.39 is 5.79 Å². The summed E-state index contributed by atoms with van der Waals surface area (Å²) in [5.41, 5.74) is 0. The van der Waals surface area contributed by atoms with Gasteiger partial charge in [0.25, 0.3) is 0 Å². The van der Waals surface area contributed by atoms with Crippen LogP contribution in [0.3, 0.4) is 0 Å². The number of aliphatic hydroxyl groups is 2. The third-order valence-corrected chi connectivity index (χ3v) is 3.76. The van der Waals surface area contributed by atoms with Crippen molar-refractivity contribution in [1.29, 1.82) is 0 Å². The van der Waals surface area contributed by atoms with Crippen LogP contribution in [0.15, 0.2) is 24.3 Å². The van der Waals surface area contributed by atoms with Crippen LogP contribution in [-0.4, -0.2) is 28.6 Å². The number of ether oxygens (including phenoxy) is 1. The van der Waals surface area contributed by atoms with Crippen molar-refractivity contribution in [3.63, 3.8) is 0 Å². The van der Waals surface area contributed by atoms with Crippen LogP contribution >= 0.6 is 0 Å². The van der Waals surface area contributed by atoms with Crippen molar-refractivity contribution in [2.24, 2.45) is 0 Å². The molecule has 2 N–H and O–H groups in total. The van der Waals surface area contributed by atoms with E-state index in [1.807, 2.05) is 19.1 Å². The highest BCUT2D eigenvalue weighted by Crippen LogP contribution is 2.11. The fourth-order valence-corrected chi connectivity index (χ4v) is 2.38. The summed E-state index contributed by atoms with van der Waals surface area (Å²) in [5, 5.41) is 19.6. The lowest BCUT2D eigenvalue weighted by molar-refractivity contribution is -0.143. The van der Waals surface area contributed by atoms with E-state index in [4.69, 9.17) is 4.74 Å². The van der Waals surface area contributed by atoms with Crippen molar-refractivity contribution < 1.29 is 19.7 Å². The molecular formula is C20H36O4. The molecular weight excluding hydrogens is 304 g/mol. The van der Waals surface area contributed by atoms with Crippen molar-refractivity contribution >= 4 is 5.97 Å². The maximum absolute atomic E-state index is 11.2. The number of esters is 1. The molecule has 0 heterocycles. The fraction of sp³-hybridized carbons (Fsp3) is 0.750. The average Bonchev–Trinajstić information content (AvgIpc) is 2.53. The molecule has 4 heteroatoms. The third-order valence-electron chi connectivity index (χ3n) is 3.76. The van der Waals surface area contributed by atoms with Crippen molar-refractivity contribution in [3.8, 4) is 0 Å². The summed E-state index contributed by atoms with van der Waals surface area (Å²) in [6, 6.07) is 0. The molecule has 0 atom stereocenters. The molecule has 0 aliphatic heterocycles. The van der Waals surface area contributed by atoms with Crippen LogP contribution in [0, 0.1) is 0 Å². The standard InChI is InChI=1S/C20H36O4/c1-3-5-6-11-14-17-20(22,23)18-15-12-9-7-8-10-13-16-19(21)24-4-2/h14-15,17-18,22-23H,3-13,16H2,1-2H3/b17-14-,18-15-. The van der Waals surface area contributed by atoms with E-state index in [0.717, 1.165) is 51.4 Å². The molecule has 4 nitrogen and oxygen atoms in total. The fourth-order valence-electron chi connectivity index (χ4n) is 2.38. The summed E-state index contributed by atoms with van der Waals surface area (Å²) in [7, 11) is 0.